The van der Waals surface area contributed by atoms with Crippen LogP contribution in [0, 0.1) is 0 Å². The summed E-state index contributed by atoms with van der Waals surface area (Å²) in [5.74, 6) is 0. The minimum atomic E-state index is -1.65. The first kappa shape index (κ1) is 26.8. The van der Waals surface area contributed by atoms with Gasteiger partial charge in [0.2, 0.25) is 0 Å². The van der Waals surface area contributed by atoms with Crippen LogP contribution in [0.3, 0.4) is 0 Å². The number of rotatable bonds is 2. The molecule has 0 aliphatic rings. The van der Waals surface area contributed by atoms with Crippen molar-refractivity contribution in [2.45, 2.75) is 13.1 Å². The van der Waals surface area contributed by atoms with Gasteiger partial charge < -0.3 is 0 Å². The van der Waals surface area contributed by atoms with Crippen molar-refractivity contribution in [2.24, 2.45) is 0 Å². The summed E-state index contributed by atoms with van der Waals surface area (Å²) >= 11 is -1.65. The average Bonchev–Trinajstić information content (AvgIpc) is 3.64. The zero-order valence-electron chi connectivity index (χ0n) is 20.5. The van der Waals surface area contributed by atoms with Crippen molar-refractivity contribution in [2.75, 3.05) is 0 Å². The van der Waals surface area contributed by atoms with Crippen molar-refractivity contribution in [3.05, 3.63) is 133 Å². The van der Waals surface area contributed by atoms with Gasteiger partial charge in [-0.25, -0.2) is 12.1 Å². The van der Waals surface area contributed by atoms with Gasteiger partial charge in [-0.05, 0) is 21.5 Å². The van der Waals surface area contributed by atoms with Crippen molar-refractivity contribution >= 4 is 44.0 Å². The summed E-state index contributed by atoms with van der Waals surface area (Å²) in [6.07, 6.45) is 0. The second-order valence-electron chi connectivity index (χ2n) is 8.66. The van der Waals surface area contributed by atoms with E-state index in [0.29, 0.717) is 0 Å². The molecule has 0 radical (unpaired) electrons. The van der Waals surface area contributed by atoms with Crippen LogP contribution in [0.15, 0.2) is 133 Å². The van der Waals surface area contributed by atoms with Crippen molar-refractivity contribution in [3.8, 4) is 22.3 Å². The number of benzene rings is 4. The minimum Gasteiger partial charge on any atom is -0.206 e. The molecule has 0 atom stereocenters. The average molecular weight is 603 g/mol. The second kappa shape index (κ2) is 13.4. The van der Waals surface area contributed by atoms with E-state index in [1.807, 2.05) is 0 Å². The van der Waals surface area contributed by atoms with Gasteiger partial charge in [0.1, 0.15) is 0 Å². The Hall–Kier alpha value is -2.22. The summed E-state index contributed by atoms with van der Waals surface area (Å²) in [6, 6.07) is 46.8. The molecule has 0 heterocycles. The molecule has 0 bridgehead atoms. The maximum atomic E-state index is 5.62. The van der Waals surface area contributed by atoms with E-state index in [1.54, 1.807) is 0 Å². The fraction of sp³-hybridized carbons (Fsp3) is 0.0625. The third-order valence-corrected chi connectivity index (χ3v) is 25.7. The molecule has 0 saturated carbocycles. The number of hydrogen-bond donors (Lipinski definition) is 0. The molecule has 6 aromatic rings. The van der Waals surface area contributed by atoms with E-state index in [0.717, 1.165) is 0 Å². The molecule has 0 aliphatic heterocycles. The summed E-state index contributed by atoms with van der Waals surface area (Å²) in [4.78, 5) is 0. The Morgan fingerprint density at radius 3 is 1.31 bits per heavy atom. The Morgan fingerprint density at radius 1 is 0.556 bits per heavy atom. The van der Waals surface area contributed by atoms with Gasteiger partial charge in [0.15, 0.2) is 0 Å². The van der Waals surface area contributed by atoms with Crippen molar-refractivity contribution in [1.82, 2.24) is 0 Å². The summed E-state index contributed by atoms with van der Waals surface area (Å²) in [5, 5.41) is 5.25. The van der Waals surface area contributed by atoms with E-state index >= 15 is 0 Å². The van der Waals surface area contributed by atoms with Gasteiger partial charge in [0, 0.05) is 0 Å². The molecular weight excluding hydrogens is 575 g/mol. The van der Waals surface area contributed by atoms with Gasteiger partial charge in [-0.15, -0.1) is 0 Å². The van der Waals surface area contributed by atoms with Gasteiger partial charge in [-0.3, -0.25) is 0 Å². The first-order valence-corrected chi connectivity index (χ1v) is 24.4. The topological polar surface area (TPSA) is 0 Å². The van der Waals surface area contributed by atoms with E-state index in [9.17, 15) is 0 Å². The van der Waals surface area contributed by atoms with Crippen LogP contribution >= 0.6 is 17.0 Å². The zero-order chi connectivity index (χ0) is 25.3. The van der Waals surface area contributed by atoms with Crippen LogP contribution < -0.4 is 0 Å². The molecule has 0 amide bonds. The van der Waals surface area contributed by atoms with Gasteiger partial charge in [-0.2, -0.15) is 47.5 Å². The van der Waals surface area contributed by atoms with Crippen LogP contribution in [0.2, 0.25) is 13.1 Å². The molecule has 0 N–H and O–H groups in total. The summed E-state index contributed by atoms with van der Waals surface area (Å²) in [7, 11) is 11.2. The normalized spacial score (nSPS) is 10.2. The molecule has 0 spiro atoms. The third kappa shape index (κ3) is 6.96. The molecule has 36 heavy (non-hydrogen) atoms. The minimum absolute atomic E-state index is 0.224. The fourth-order valence-corrected chi connectivity index (χ4v) is 4.06. The Morgan fingerprint density at radius 2 is 0.944 bits per heavy atom. The van der Waals surface area contributed by atoms with Crippen LogP contribution in [0.4, 0.5) is 0 Å². The smallest absolute Gasteiger partial charge is 0.0189 e. The number of fused-ring (bicyclic) bond motifs is 2. The summed E-state index contributed by atoms with van der Waals surface area (Å²) in [5.41, 5.74) is 5.01. The summed E-state index contributed by atoms with van der Waals surface area (Å²) in [6.45, 7) is 4.33. The van der Waals surface area contributed by atoms with E-state index in [-0.39, 0.29) is 5.43 Å². The molecule has 0 fully saturated rings. The predicted molar refractivity (Wildman–Crippen MR) is 159 cm³/mol. The predicted octanol–water partition coefficient (Wildman–Crippen LogP) is 10.6. The number of halogens is 2. The fourth-order valence-electron chi connectivity index (χ4n) is 4.06. The van der Waals surface area contributed by atoms with Gasteiger partial charge >= 0.3 is 53.5 Å². The maximum absolute atomic E-state index is 5.62. The quantitative estimate of drug-likeness (QED) is 0.137. The molecule has 0 aromatic heterocycles. The van der Waals surface area contributed by atoms with Crippen LogP contribution in [0.5, 0.6) is 0 Å². The molecule has 4 heteroatoms. The van der Waals surface area contributed by atoms with Crippen LogP contribution in [0.25, 0.3) is 43.8 Å². The van der Waals surface area contributed by atoms with Crippen LogP contribution in [-0.2, 0) is 18.0 Å². The van der Waals surface area contributed by atoms with Crippen molar-refractivity contribution < 1.29 is 18.0 Å². The molecular formula is C32H28Cl2SiZr-2. The van der Waals surface area contributed by atoms with E-state index in [2.05, 4.69) is 147 Å². The first-order valence-electron chi connectivity index (χ1n) is 11.9. The van der Waals surface area contributed by atoms with Crippen molar-refractivity contribution in [3.63, 3.8) is 0 Å². The Kier molecular flexibility index (Phi) is 9.96. The maximum Gasteiger partial charge on any atom is -0.0189 e. The Labute approximate surface area is 229 Å². The molecule has 0 aliphatic carbocycles. The molecule has 6 rings (SSSR count). The van der Waals surface area contributed by atoms with Crippen molar-refractivity contribution in [1.29, 1.82) is 0 Å². The molecule has 0 saturated heterocycles. The van der Waals surface area contributed by atoms with Crippen LogP contribution in [0.1, 0.15) is 0 Å². The molecule has 0 unspecified atom stereocenters. The zero-order valence-corrected chi connectivity index (χ0v) is 25.4. The van der Waals surface area contributed by atoms with E-state index in [1.165, 1.54) is 43.8 Å². The SMILES string of the molecule is C[Si](C)=[Zr]([Cl])[Cl].c1ccc2c(-c3cc[cH-]c3)cccc2c1.c1ccc2c(-c3cc[cH-]c3)cccc2c1. The largest absolute Gasteiger partial charge is 0.206 e. The Balaban J connectivity index is 0.000000139. The number of hydrogen-bond acceptors (Lipinski definition) is 0. The third-order valence-electron chi connectivity index (χ3n) is 5.90. The Bertz CT molecular complexity index is 1430. The van der Waals surface area contributed by atoms with E-state index in [4.69, 9.17) is 17.0 Å². The molecule has 0 nitrogen and oxygen atoms in total. The van der Waals surface area contributed by atoms with E-state index < -0.39 is 18.0 Å². The molecule has 6 aromatic carbocycles. The standard InChI is InChI=1S/2C15H11.C2H6Si.2ClH.Zr/c2*1-2-7-12(6-1)15-11-5-9-13-8-3-4-10-14(13)15;1-3-2;;;/h2*1-11H;1-2H3;2*1H;/q2*-1;;;;+2/p-2. The van der Waals surface area contributed by atoms with Crippen LogP contribution in [-0.4, -0.2) is 5.43 Å². The van der Waals surface area contributed by atoms with Gasteiger partial charge in [0.05, 0.1) is 0 Å². The second-order valence-corrected chi connectivity index (χ2v) is 31.6. The van der Waals surface area contributed by atoms with Gasteiger partial charge in [0.25, 0.3) is 0 Å². The first-order chi connectivity index (χ1) is 17.5. The molecule has 180 valence electrons. The van der Waals surface area contributed by atoms with Gasteiger partial charge in [-0.1, -0.05) is 96.1 Å². The monoisotopic (exact) mass is 600 g/mol. The summed E-state index contributed by atoms with van der Waals surface area (Å²) < 4.78 is 0.